The average molecular weight is 735 g/mol. The Kier molecular flexibility index (Phi) is 7.75. The van der Waals surface area contributed by atoms with Crippen molar-refractivity contribution in [2.75, 3.05) is 0 Å². The Morgan fingerprint density at radius 2 is 1.40 bits per heavy atom. The number of halogens is 1. The van der Waals surface area contributed by atoms with E-state index in [0.29, 0.717) is 0 Å². The van der Waals surface area contributed by atoms with Crippen molar-refractivity contribution >= 4 is 21.7 Å². The van der Waals surface area contributed by atoms with Crippen molar-refractivity contribution < 1.29 is 24.5 Å². The summed E-state index contributed by atoms with van der Waals surface area (Å²) in [5.74, 6) is -0.283. The first-order valence-corrected chi connectivity index (χ1v) is 14.0. The molecule has 0 unspecified atom stereocenters. The molecule has 0 saturated heterocycles. The summed E-state index contributed by atoms with van der Waals surface area (Å²) in [4.78, 5) is 9.19. The van der Waals surface area contributed by atoms with E-state index < -0.39 is 0 Å². The maximum atomic E-state index is 12.9. The Labute approximate surface area is 264 Å². The van der Waals surface area contributed by atoms with Crippen LogP contribution in [-0.2, 0) is 25.5 Å². The normalized spacial score (nSPS) is 12.5. The van der Waals surface area contributed by atoms with E-state index in [4.69, 9.17) is 4.98 Å². The standard InChI is InChI=1S/C24H18N.C15H9FN.Ir/c1-24(2)20-9-5-4-8-18(20)19-13-11-17(15-21(19)24)23-14-12-16-7-3-6-10-22(16)25-23;16-13-7-5-12(6-8-13)15-14-4-2-1-3-11(14)9-10-17-15;/h3-10,12-15H,1-2H3;1-5,7-10H;/q2*-1;. The molecule has 2 aromatic heterocycles. The van der Waals surface area contributed by atoms with E-state index in [9.17, 15) is 4.39 Å². The van der Waals surface area contributed by atoms with Gasteiger partial charge in [-0.2, -0.15) is 0 Å². The van der Waals surface area contributed by atoms with Gasteiger partial charge in [-0.05, 0) is 50.7 Å². The second-order valence-electron chi connectivity index (χ2n) is 11.0. The van der Waals surface area contributed by atoms with E-state index in [1.165, 1.54) is 39.8 Å². The quantitative estimate of drug-likeness (QED) is 0.165. The van der Waals surface area contributed by atoms with E-state index in [-0.39, 0.29) is 31.3 Å². The van der Waals surface area contributed by atoms with Crippen LogP contribution in [0, 0.1) is 17.9 Å². The largest absolute Gasteiger partial charge is 0.304 e. The van der Waals surface area contributed by atoms with Crippen LogP contribution >= 0.6 is 0 Å². The van der Waals surface area contributed by atoms with E-state index in [2.05, 4.69) is 91.6 Å². The van der Waals surface area contributed by atoms with Gasteiger partial charge in [0.25, 0.3) is 0 Å². The Balaban J connectivity index is 0.000000161. The van der Waals surface area contributed by atoms with Crippen LogP contribution in [0.5, 0.6) is 0 Å². The van der Waals surface area contributed by atoms with Crippen LogP contribution in [0.1, 0.15) is 25.0 Å². The summed E-state index contributed by atoms with van der Waals surface area (Å²) in [6.07, 6.45) is 1.76. The topological polar surface area (TPSA) is 25.8 Å². The Hall–Kier alpha value is -4.50. The molecule has 5 aromatic carbocycles. The van der Waals surface area contributed by atoms with Crippen LogP contribution in [0.15, 0.2) is 128 Å². The van der Waals surface area contributed by atoms with E-state index in [1.54, 1.807) is 12.3 Å². The molecule has 4 heteroatoms. The molecule has 2 nitrogen and oxygen atoms in total. The molecule has 2 heterocycles. The molecule has 0 saturated carbocycles. The van der Waals surface area contributed by atoms with E-state index in [0.717, 1.165) is 38.8 Å². The first-order valence-electron chi connectivity index (χ1n) is 14.0. The molecule has 8 rings (SSSR count). The van der Waals surface area contributed by atoms with Crippen LogP contribution in [0.3, 0.4) is 0 Å². The fourth-order valence-corrected chi connectivity index (χ4v) is 5.89. The first kappa shape index (κ1) is 28.6. The number of hydrogen-bond acceptors (Lipinski definition) is 2. The molecule has 0 amide bonds. The number of para-hydroxylation sites is 1. The molecular weight excluding hydrogens is 708 g/mol. The van der Waals surface area contributed by atoms with Crippen LogP contribution < -0.4 is 0 Å². The third kappa shape index (κ3) is 5.29. The summed E-state index contributed by atoms with van der Waals surface area (Å²) in [7, 11) is 0. The summed E-state index contributed by atoms with van der Waals surface area (Å²) in [6, 6.07) is 46.4. The van der Waals surface area contributed by atoms with Crippen molar-refractivity contribution in [1.29, 1.82) is 0 Å². The molecule has 43 heavy (non-hydrogen) atoms. The zero-order valence-electron chi connectivity index (χ0n) is 23.7. The molecule has 7 aromatic rings. The molecular formula is C39H27FIrN2-2. The zero-order valence-corrected chi connectivity index (χ0v) is 26.1. The van der Waals surface area contributed by atoms with Crippen LogP contribution in [0.4, 0.5) is 4.39 Å². The monoisotopic (exact) mass is 735 g/mol. The van der Waals surface area contributed by atoms with Crippen molar-refractivity contribution in [3.8, 4) is 33.6 Å². The van der Waals surface area contributed by atoms with Gasteiger partial charge >= 0.3 is 0 Å². The number of rotatable bonds is 2. The number of pyridine rings is 2. The minimum atomic E-state index is -0.283. The van der Waals surface area contributed by atoms with Crippen molar-refractivity contribution in [2.45, 2.75) is 19.3 Å². The predicted octanol–water partition coefficient (Wildman–Crippen LogP) is 9.85. The Morgan fingerprint density at radius 3 is 2.23 bits per heavy atom. The van der Waals surface area contributed by atoms with Crippen molar-refractivity contribution in [1.82, 2.24) is 9.97 Å². The van der Waals surface area contributed by atoms with Gasteiger partial charge in [-0.3, -0.25) is 9.37 Å². The maximum absolute atomic E-state index is 12.9. The Bertz CT molecular complexity index is 2080. The molecule has 0 aliphatic heterocycles. The van der Waals surface area contributed by atoms with Crippen molar-refractivity contribution in [3.63, 3.8) is 0 Å². The average Bonchev–Trinajstić information content (AvgIpc) is 3.27. The molecule has 1 radical (unpaired) electrons. The van der Waals surface area contributed by atoms with Gasteiger partial charge in [0.1, 0.15) is 0 Å². The SMILES string of the molecule is CC1(C)c2ccccc2-c2c[c-]c(-c3ccc4ccccc4n3)cc21.Fc1c[c-]c(-c2nccc3ccccc23)cc1.[Ir]. The van der Waals surface area contributed by atoms with Crippen molar-refractivity contribution in [3.05, 3.63) is 157 Å². The van der Waals surface area contributed by atoms with Gasteiger partial charge in [-0.1, -0.05) is 104 Å². The summed E-state index contributed by atoms with van der Waals surface area (Å²) in [6.45, 7) is 4.60. The first-order chi connectivity index (χ1) is 20.5. The van der Waals surface area contributed by atoms with Crippen LogP contribution in [0.25, 0.3) is 55.3 Å². The number of nitrogens with zero attached hydrogens (tertiary/aromatic N) is 2. The second kappa shape index (κ2) is 11.6. The van der Waals surface area contributed by atoms with Gasteiger partial charge in [0.2, 0.25) is 0 Å². The van der Waals surface area contributed by atoms with Gasteiger partial charge in [-0.25, -0.2) is 0 Å². The smallest absolute Gasteiger partial charge is 0.0595 e. The van der Waals surface area contributed by atoms with Crippen LogP contribution in [0.2, 0.25) is 0 Å². The van der Waals surface area contributed by atoms with Gasteiger partial charge in [0, 0.05) is 32.1 Å². The van der Waals surface area contributed by atoms with Crippen LogP contribution in [-0.4, -0.2) is 9.97 Å². The third-order valence-corrected chi connectivity index (χ3v) is 8.09. The maximum Gasteiger partial charge on any atom is 0.0595 e. The third-order valence-electron chi connectivity index (χ3n) is 8.09. The molecule has 0 fully saturated rings. The van der Waals surface area contributed by atoms with Crippen molar-refractivity contribution in [2.24, 2.45) is 0 Å². The molecule has 0 N–H and O–H groups in total. The number of benzene rings is 5. The number of fused-ring (bicyclic) bond motifs is 5. The Morgan fingerprint density at radius 1 is 0.651 bits per heavy atom. The number of hydrogen-bond donors (Lipinski definition) is 0. The van der Waals surface area contributed by atoms with Gasteiger partial charge in [0.15, 0.2) is 0 Å². The van der Waals surface area contributed by atoms with Gasteiger partial charge < -0.3 is 4.98 Å². The minimum absolute atomic E-state index is 0. The summed E-state index contributed by atoms with van der Waals surface area (Å²) >= 11 is 0. The molecule has 0 atom stereocenters. The fraction of sp³-hybridized carbons (Fsp3) is 0.0769. The fourth-order valence-electron chi connectivity index (χ4n) is 5.89. The summed E-state index contributed by atoms with van der Waals surface area (Å²) < 4.78 is 12.9. The van der Waals surface area contributed by atoms with E-state index >= 15 is 0 Å². The molecule has 1 aliphatic rings. The van der Waals surface area contributed by atoms with E-state index in [1.807, 2.05) is 42.5 Å². The predicted molar refractivity (Wildman–Crippen MR) is 170 cm³/mol. The van der Waals surface area contributed by atoms with Gasteiger partial charge in [0.05, 0.1) is 5.52 Å². The summed E-state index contributed by atoms with van der Waals surface area (Å²) in [5, 5.41) is 3.34. The number of aromatic nitrogens is 2. The second-order valence-corrected chi connectivity index (χ2v) is 11.0. The molecule has 1 aliphatic carbocycles. The molecule has 0 spiro atoms. The van der Waals surface area contributed by atoms with Gasteiger partial charge in [-0.15, -0.1) is 59.2 Å². The summed E-state index contributed by atoms with van der Waals surface area (Å²) in [5.41, 5.74) is 10.1. The minimum Gasteiger partial charge on any atom is -0.304 e. The molecule has 0 bridgehead atoms. The molecule has 211 valence electrons. The zero-order chi connectivity index (χ0) is 28.7.